The van der Waals surface area contributed by atoms with Crippen LogP contribution in [0.15, 0.2) is 16.9 Å². The molecule has 7 rings (SSSR count). The van der Waals surface area contributed by atoms with Gasteiger partial charge in [-0.15, -0.1) is 0 Å². The number of carbonyl (C=O) groups excluding carboxylic acids is 2. The Morgan fingerprint density at radius 1 is 1.24 bits per heavy atom. The summed E-state index contributed by atoms with van der Waals surface area (Å²) in [6, 6.07) is 2.53. The largest absolute Gasteiger partial charge is 0.458 e. The van der Waals surface area contributed by atoms with Gasteiger partial charge in [-0.1, -0.05) is 6.92 Å². The molecule has 4 aliphatic rings. The third-order valence-electron chi connectivity index (χ3n) is 8.83. The van der Waals surface area contributed by atoms with Crippen LogP contribution in [-0.4, -0.2) is 37.2 Å². The van der Waals surface area contributed by atoms with Gasteiger partial charge >= 0.3 is 5.97 Å². The molecule has 1 amide bonds. The molecule has 0 saturated heterocycles. The van der Waals surface area contributed by atoms with Crippen LogP contribution in [-0.2, 0) is 39.5 Å². The average molecular weight is 520 g/mol. The molecule has 196 valence electrons. The van der Waals surface area contributed by atoms with Crippen molar-refractivity contribution in [3.63, 3.8) is 0 Å². The number of hydrogen-bond acceptors (Lipinski definition) is 7. The Morgan fingerprint density at radius 2 is 2.00 bits per heavy atom. The number of aromatic nitrogens is 2. The molecule has 2 aromatic heterocycles. The van der Waals surface area contributed by atoms with Crippen molar-refractivity contribution in [2.24, 2.45) is 0 Å². The molecule has 1 aromatic carbocycles. The van der Waals surface area contributed by atoms with Crippen LogP contribution < -0.4 is 10.9 Å². The van der Waals surface area contributed by atoms with Gasteiger partial charge in [0.25, 0.3) is 11.5 Å². The molecule has 38 heavy (non-hydrogen) atoms. The lowest BCUT2D eigenvalue weighted by atomic mass is 9.81. The molecule has 2 aliphatic carbocycles. The predicted octanol–water partition coefficient (Wildman–Crippen LogP) is 2.16. The van der Waals surface area contributed by atoms with Crippen molar-refractivity contribution in [2.75, 3.05) is 0 Å². The number of rotatable bonds is 3. The Bertz CT molecular complexity index is 1690. The van der Waals surface area contributed by atoms with E-state index in [1.807, 2.05) is 0 Å². The van der Waals surface area contributed by atoms with E-state index in [0.717, 1.165) is 22.1 Å². The van der Waals surface area contributed by atoms with E-state index in [1.165, 1.54) is 10.6 Å². The molecule has 2 aliphatic heterocycles. The van der Waals surface area contributed by atoms with Gasteiger partial charge in [0.05, 0.1) is 35.1 Å². The smallest absolute Gasteiger partial charge is 0.343 e. The Labute approximate surface area is 216 Å². The summed E-state index contributed by atoms with van der Waals surface area (Å²) in [5.41, 5.74) is 0.832. The molecule has 1 fully saturated rings. The van der Waals surface area contributed by atoms with Crippen molar-refractivity contribution in [3.8, 4) is 11.4 Å². The van der Waals surface area contributed by atoms with Gasteiger partial charge in [-0.2, -0.15) is 0 Å². The first-order chi connectivity index (χ1) is 18.1. The minimum absolute atomic E-state index is 0.0237. The quantitative estimate of drug-likeness (QED) is 0.354. The second kappa shape index (κ2) is 7.48. The summed E-state index contributed by atoms with van der Waals surface area (Å²) in [5, 5.41) is 25.3. The molecule has 2 atom stereocenters. The number of aliphatic hydroxyl groups is 2. The molecule has 0 unspecified atom stereocenters. The summed E-state index contributed by atoms with van der Waals surface area (Å²) < 4.78 is 21.7. The highest BCUT2D eigenvalue weighted by atomic mass is 19.1. The Kier molecular flexibility index (Phi) is 4.62. The maximum Gasteiger partial charge on any atom is 0.343 e. The van der Waals surface area contributed by atoms with Crippen LogP contribution in [0.1, 0.15) is 72.0 Å². The molecule has 0 spiro atoms. The van der Waals surface area contributed by atoms with Crippen molar-refractivity contribution < 1.29 is 28.9 Å². The first kappa shape index (κ1) is 23.5. The molecule has 4 heterocycles. The van der Waals surface area contributed by atoms with Crippen LogP contribution in [0.4, 0.5) is 4.39 Å². The molecule has 3 N–H and O–H groups in total. The number of pyridine rings is 2. The fourth-order valence-electron chi connectivity index (χ4n) is 6.34. The predicted molar refractivity (Wildman–Crippen MR) is 133 cm³/mol. The second-order valence-corrected chi connectivity index (χ2v) is 10.9. The van der Waals surface area contributed by atoms with Gasteiger partial charge in [-0.25, -0.2) is 14.2 Å². The molecule has 0 radical (unpaired) electrons. The fraction of sp³-hybridized carbons (Fsp3) is 0.429. The molecular formula is C28H26FN3O6. The first-order valence-corrected chi connectivity index (χ1v) is 12.9. The Morgan fingerprint density at radius 3 is 2.71 bits per heavy atom. The highest BCUT2D eigenvalue weighted by Crippen LogP contribution is 2.46. The zero-order valence-corrected chi connectivity index (χ0v) is 21.0. The molecule has 0 bridgehead atoms. The summed E-state index contributed by atoms with van der Waals surface area (Å²) >= 11 is 0. The van der Waals surface area contributed by atoms with Crippen molar-refractivity contribution in [2.45, 2.75) is 76.3 Å². The second-order valence-electron chi connectivity index (χ2n) is 10.9. The lowest BCUT2D eigenvalue weighted by molar-refractivity contribution is -0.172. The summed E-state index contributed by atoms with van der Waals surface area (Å²) in [4.78, 5) is 43.8. The zero-order chi connectivity index (χ0) is 26.7. The number of carbonyl (C=O) groups is 2. The maximum atomic E-state index is 15.0. The molecule has 1 saturated carbocycles. The van der Waals surface area contributed by atoms with Crippen LogP contribution in [0.25, 0.3) is 22.3 Å². The standard InChI is InChI=1S/C28H26FN3O6/c1-3-28(37)16-8-20-23-14(10-32(20)24(33)15(16)11-38-26(28)35)22-18(31-25(34)27(36)6-7-27)5-4-13-12(2)17(29)9-19(30-23)21(13)22/h8-9,18,36-37H,3-7,10-11H2,1-2H3,(H,31,34)/t18-,28+/m1/s1. The number of fused-ring (bicyclic) bond motifs is 5. The van der Waals surface area contributed by atoms with E-state index < -0.39 is 34.7 Å². The Balaban J connectivity index is 1.49. The van der Waals surface area contributed by atoms with E-state index in [9.17, 15) is 29.0 Å². The molecular weight excluding hydrogens is 493 g/mol. The number of nitrogens with one attached hydrogen (secondary N) is 1. The van der Waals surface area contributed by atoms with Crippen molar-refractivity contribution in [1.82, 2.24) is 14.9 Å². The van der Waals surface area contributed by atoms with E-state index in [4.69, 9.17) is 9.72 Å². The number of aryl methyl sites for hydroxylation is 1. The summed E-state index contributed by atoms with van der Waals surface area (Å²) in [6.45, 7) is 3.29. The number of benzene rings is 1. The lowest BCUT2D eigenvalue weighted by Crippen LogP contribution is -2.44. The van der Waals surface area contributed by atoms with Gasteiger partial charge in [0, 0.05) is 22.6 Å². The normalized spacial score (nSPS) is 23.9. The highest BCUT2D eigenvalue weighted by molar-refractivity contribution is 5.95. The van der Waals surface area contributed by atoms with Crippen LogP contribution in [0, 0.1) is 12.7 Å². The van der Waals surface area contributed by atoms with Crippen molar-refractivity contribution >= 4 is 22.8 Å². The van der Waals surface area contributed by atoms with Crippen molar-refractivity contribution in [1.29, 1.82) is 0 Å². The van der Waals surface area contributed by atoms with Gasteiger partial charge in [0.1, 0.15) is 18.0 Å². The van der Waals surface area contributed by atoms with E-state index in [2.05, 4.69) is 5.32 Å². The third-order valence-corrected chi connectivity index (χ3v) is 8.83. The first-order valence-electron chi connectivity index (χ1n) is 12.9. The average Bonchev–Trinajstić information content (AvgIpc) is 3.55. The molecule has 9 nitrogen and oxygen atoms in total. The van der Waals surface area contributed by atoms with E-state index >= 15 is 0 Å². The van der Waals surface area contributed by atoms with E-state index in [-0.39, 0.29) is 36.5 Å². The topological polar surface area (TPSA) is 131 Å². The molecule has 3 aromatic rings. The third kappa shape index (κ3) is 2.92. The van der Waals surface area contributed by atoms with E-state index in [1.54, 1.807) is 19.9 Å². The van der Waals surface area contributed by atoms with Crippen LogP contribution in [0.5, 0.6) is 0 Å². The SMILES string of the molecule is CC[C@@]1(O)C(=O)OCc2c1cc1n(c2=O)Cc2c-1nc1cc(F)c(C)c3c1c2[C@H](NC(=O)C1(O)CC1)CC3. The lowest BCUT2D eigenvalue weighted by Gasteiger charge is -2.31. The number of nitrogens with zero attached hydrogens (tertiary/aromatic N) is 2. The summed E-state index contributed by atoms with van der Waals surface area (Å²) in [6.07, 6.45) is 1.87. The van der Waals surface area contributed by atoms with Gasteiger partial charge in [0.2, 0.25) is 0 Å². The molecule has 10 heteroatoms. The van der Waals surface area contributed by atoms with Crippen LogP contribution in [0.2, 0.25) is 0 Å². The highest BCUT2D eigenvalue weighted by Gasteiger charge is 2.49. The number of ether oxygens (including phenoxy) is 1. The number of hydrogen-bond donors (Lipinski definition) is 3. The maximum absolute atomic E-state index is 15.0. The van der Waals surface area contributed by atoms with Gasteiger partial charge in [0.15, 0.2) is 5.60 Å². The Hall–Kier alpha value is -3.63. The van der Waals surface area contributed by atoms with Crippen LogP contribution >= 0.6 is 0 Å². The number of amides is 1. The minimum atomic E-state index is -1.96. The zero-order valence-electron chi connectivity index (χ0n) is 21.0. The number of cyclic esters (lactones) is 1. The number of halogens is 1. The minimum Gasteiger partial charge on any atom is -0.458 e. The summed E-state index contributed by atoms with van der Waals surface area (Å²) in [5.74, 6) is -1.63. The van der Waals surface area contributed by atoms with Gasteiger partial charge in [-0.3, -0.25) is 9.59 Å². The van der Waals surface area contributed by atoms with E-state index in [0.29, 0.717) is 48.2 Å². The summed E-state index contributed by atoms with van der Waals surface area (Å²) in [7, 11) is 0. The van der Waals surface area contributed by atoms with Crippen molar-refractivity contribution in [3.05, 3.63) is 61.7 Å². The van der Waals surface area contributed by atoms with Crippen LogP contribution in [0.3, 0.4) is 0 Å². The number of esters is 1. The van der Waals surface area contributed by atoms with Gasteiger partial charge < -0.3 is 24.8 Å². The fourth-order valence-corrected chi connectivity index (χ4v) is 6.34. The monoisotopic (exact) mass is 519 g/mol. The van der Waals surface area contributed by atoms with Gasteiger partial charge in [-0.05, 0) is 61.8 Å².